The third-order valence-corrected chi connectivity index (χ3v) is 5.38. The Morgan fingerprint density at radius 2 is 2.26 bits per heavy atom. The zero-order chi connectivity index (χ0) is 20.5. The number of halogens is 1. The maximum atomic E-state index is 14.5. The summed E-state index contributed by atoms with van der Waals surface area (Å²) < 4.78 is 37.3. The minimum Gasteiger partial charge on any atom is -0.480 e. The normalized spacial score (nSPS) is 28.6. The van der Waals surface area contributed by atoms with Crippen molar-refractivity contribution in [3.05, 3.63) is 26.9 Å². The Morgan fingerprint density at radius 3 is 2.85 bits per heavy atom. The van der Waals surface area contributed by atoms with E-state index in [4.69, 9.17) is 26.6 Å². The van der Waals surface area contributed by atoms with E-state index in [0.717, 1.165) is 11.5 Å². The Labute approximate surface area is 157 Å². The van der Waals surface area contributed by atoms with Crippen LogP contribution in [0, 0.1) is 11.7 Å². The largest absolute Gasteiger partial charge is 0.480 e. The molecule has 0 saturated carbocycles. The van der Waals surface area contributed by atoms with Crippen LogP contribution in [0.25, 0.3) is 0 Å². The number of carbonyl (C=O) groups is 1. The zero-order valence-corrected chi connectivity index (χ0v) is 15.9. The maximum Gasteiger partial charge on any atom is 0.403 e. The monoisotopic (exact) mass is 427 g/mol. The molecular weight excluding hydrogens is 408 g/mol. The lowest BCUT2D eigenvalue weighted by Crippen LogP contribution is -2.34. The first-order valence-corrected chi connectivity index (χ1v) is 9.69. The summed E-state index contributed by atoms with van der Waals surface area (Å²) in [6.07, 6.45) is -5.12. The Bertz CT molecular complexity index is 876. The highest BCUT2D eigenvalue weighted by molar-refractivity contribution is 7.71. The Morgan fingerprint density at radius 1 is 1.63 bits per heavy atom. The summed E-state index contributed by atoms with van der Waals surface area (Å²) in [6, 6.07) is -1.38. The van der Waals surface area contributed by atoms with Crippen LogP contribution in [0.5, 0.6) is 0 Å². The highest BCUT2D eigenvalue weighted by Crippen LogP contribution is 2.40. The molecule has 0 radical (unpaired) electrons. The second-order valence-corrected chi connectivity index (χ2v) is 7.93. The number of aliphatic hydroxyl groups is 1. The number of alkyl halides is 1. The summed E-state index contributed by atoms with van der Waals surface area (Å²) in [5.74, 6) is -1.38. The van der Waals surface area contributed by atoms with Crippen molar-refractivity contribution in [1.29, 1.82) is 0 Å². The fourth-order valence-electron chi connectivity index (χ4n) is 2.35. The van der Waals surface area contributed by atoms with Gasteiger partial charge in [0, 0.05) is 11.8 Å². The number of nitrogens with one attached hydrogen (secondary N) is 2. The van der Waals surface area contributed by atoms with Gasteiger partial charge in [-0.15, -0.1) is 0 Å². The molecule has 1 aromatic heterocycles. The van der Waals surface area contributed by atoms with Crippen LogP contribution < -0.4 is 10.6 Å². The molecule has 2 unspecified atom stereocenters. The summed E-state index contributed by atoms with van der Waals surface area (Å²) in [5, 5.41) is 20.6. The first-order chi connectivity index (χ1) is 12.4. The second kappa shape index (κ2) is 8.27. The Hall–Kier alpha value is -1.47. The highest BCUT2D eigenvalue weighted by Gasteiger charge is 2.46. The summed E-state index contributed by atoms with van der Waals surface area (Å²) in [5.41, 5.74) is -0.217. The lowest BCUT2D eigenvalue weighted by atomic mass is 10.1. The summed E-state index contributed by atoms with van der Waals surface area (Å²) in [4.78, 5) is 34.2. The molecule has 0 spiro atoms. The van der Waals surface area contributed by atoms with Gasteiger partial charge in [0.15, 0.2) is 17.2 Å². The van der Waals surface area contributed by atoms with E-state index in [1.807, 2.05) is 5.09 Å². The molecule has 6 atom stereocenters. The minimum absolute atomic E-state index is 0.128. The predicted octanol–water partition coefficient (Wildman–Crippen LogP) is -0.00959. The van der Waals surface area contributed by atoms with Crippen LogP contribution in [0.15, 0.2) is 11.0 Å². The van der Waals surface area contributed by atoms with E-state index in [0.29, 0.717) is 0 Å². The Kier molecular flexibility index (Phi) is 6.68. The van der Waals surface area contributed by atoms with Gasteiger partial charge in [0.2, 0.25) is 0 Å². The number of carboxylic acids is 1. The third-order valence-electron chi connectivity index (χ3n) is 3.85. The van der Waals surface area contributed by atoms with E-state index >= 15 is 0 Å². The molecule has 1 aliphatic heterocycles. The molecule has 5 N–H and O–H groups in total. The molecule has 1 aliphatic rings. The van der Waals surface area contributed by atoms with Crippen LogP contribution >= 0.6 is 20.0 Å². The number of aromatic amines is 1. The SMILES string of the molecule is Cc1cn([C@H]2O[C@@H](COP(=O)(O)N[C@@H](C)C(=O)O)C(O)[C@H]2F)c(=S)[nH]c1=O. The number of nitrogens with zero attached hydrogens (tertiary/aromatic N) is 1. The van der Waals surface area contributed by atoms with Crippen molar-refractivity contribution < 1.29 is 38.1 Å². The quantitative estimate of drug-likeness (QED) is 0.295. The number of aliphatic carboxylic acids is 1. The number of rotatable bonds is 7. The van der Waals surface area contributed by atoms with Crippen molar-refractivity contribution in [2.45, 2.75) is 44.5 Å². The maximum absolute atomic E-state index is 14.5. The average molecular weight is 427 g/mol. The molecule has 11 nitrogen and oxygen atoms in total. The van der Waals surface area contributed by atoms with E-state index in [9.17, 15) is 28.5 Å². The van der Waals surface area contributed by atoms with Gasteiger partial charge < -0.3 is 19.8 Å². The third kappa shape index (κ3) is 5.08. The van der Waals surface area contributed by atoms with E-state index < -0.39 is 56.5 Å². The predicted molar refractivity (Wildman–Crippen MR) is 91.4 cm³/mol. The van der Waals surface area contributed by atoms with Gasteiger partial charge in [0.05, 0.1) is 6.61 Å². The van der Waals surface area contributed by atoms with Crippen molar-refractivity contribution in [3.63, 3.8) is 0 Å². The number of hydrogen-bond acceptors (Lipinski definition) is 7. The standard InChI is InChI=1S/C13H19FN3O8PS/c1-5-3-17(13(27)15-10(5)19)11-8(14)9(18)7(25-11)4-24-26(22,23)16-6(2)12(20)21/h3,6-9,11,18H,4H2,1-2H3,(H,20,21)(H,15,19,27)(H2,16,22,23)/t6-,7-,8+,9?,11-/m0/s1. The summed E-state index contributed by atoms with van der Waals surface area (Å²) in [6.45, 7) is 1.91. The number of aromatic nitrogens is 2. The van der Waals surface area contributed by atoms with Crippen LogP contribution in [-0.4, -0.2) is 61.7 Å². The van der Waals surface area contributed by atoms with E-state index in [1.165, 1.54) is 13.1 Å². The lowest BCUT2D eigenvalue weighted by Gasteiger charge is -2.20. The van der Waals surface area contributed by atoms with Crippen LogP contribution in [0.3, 0.4) is 0 Å². The number of ether oxygens (including phenoxy) is 1. The number of hydrogen-bond donors (Lipinski definition) is 5. The molecule has 27 heavy (non-hydrogen) atoms. The molecule has 1 aromatic rings. The van der Waals surface area contributed by atoms with Crippen molar-refractivity contribution in [2.75, 3.05) is 6.61 Å². The van der Waals surface area contributed by atoms with E-state index in [2.05, 4.69) is 4.98 Å². The molecule has 14 heteroatoms. The highest BCUT2D eigenvalue weighted by atomic mass is 32.1. The topological polar surface area (TPSA) is 163 Å². The van der Waals surface area contributed by atoms with Gasteiger partial charge in [-0.2, -0.15) is 0 Å². The number of carboxylic acid groups (broad SMARTS) is 1. The van der Waals surface area contributed by atoms with Crippen LogP contribution in [0.4, 0.5) is 4.39 Å². The van der Waals surface area contributed by atoms with Gasteiger partial charge in [-0.25, -0.2) is 14.0 Å². The molecule has 0 bridgehead atoms. The molecule has 2 rings (SSSR count). The molecule has 152 valence electrons. The van der Waals surface area contributed by atoms with Gasteiger partial charge >= 0.3 is 13.7 Å². The van der Waals surface area contributed by atoms with Gasteiger partial charge in [-0.05, 0) is 26.1 Å². The smallest absolute Gasteiger partial charge is 0.403 e. The van der Waals surface area contributed by atoms with E-state index in [-0.39, 0.29) is 10.3 Å². The lowest BCUT2D eigenvalue weighted by molar-refractivity contribution is -0.138. The van der Waals surface area contributed by atoms with Gasteiger partial charge in [-0.1, -0.05) is 0 Å². The van der Waals surface area contributed by atoms with Gasteiger partial charge in [0.1, 0.15) is 18.2 Å². The second-order valence-electron chi connectivity index (χ2n) is 5.98. The fraction of sp³-hybridized carbons (Fsp3) is 0.615. The Balaban J connectivity index is 2.10. The van der Waals surface area contributed by atoms with Crippen LogP contribution in [0.2, 0.25) is 0 Å². The van der Waals surface area contributed by atoms with Crippen molar-refractivity contribution in [1.82, 2.24) is 14.6 Å². The fourth-order valence-corrected chi connectivity index (χ4v) is 3.62. The molecule has 1 fully saturated rings. The van der Waals surface area contributed by atoms with Crippen LogP contribution in [0.1, 0.15) is 18.7 Å². The average Bonchev–Trinajstić information content (AvgIpc) is 2.84. The van der Waals surface area contributed by atoms with Crippen molar-refractivity contribution in [3.8, 4) is 0 Å². The molecule has 0 aromatic carbocycles. The number of H-pyrrole nitrogens is 1. The van der Waals surface area contributed by atoms with Crippen molar-refractivity contribution in [2.24, 2.45) is 0 Å². The van der Waals surface area contributed by atoms with Crippen molar-refractivity contribution >= 4 is 25.9 Å². The first-order valence-electron chi connectivity index (χ1n) is 7.70. The number of aryl methyl sites for hydroxylation is 1. The summed E-state index contributed by atoms with van der Waals surface area (Å²) in [7, 11) is -4.54. The molecular formula is C13H19FN3O8PS. The first kappa shape index (κ1) is 21.8. The van der Waals surface area contributed by atoms with Gasteiger partial charge in [-0.3, -0.25) is 23.7 Å². The zero-order valence-electron chi connectivity index (χ0n) is 14.2. The van der Waals surface area contributed by atoms with Crippen LogP contribution in [-0.2, 0) is 18.6 Å². The minimum atomic E-state index is -4.54. The molecule has 1 saturated heterocycles. The molecule has 2 heterocycles. The number of aliphatic hydroxyl groups excluding tert-OH is 1. The summed E-state index contributed by atoms with van der Waals surface area (Å²) >= 11 is 4.96. The molecule has 0 amide bonds. The molecule has 0 aliphatic carbocycles. The van der Waals surface area contributed by atoms with Gasteiger partial charge in [0.25, 0.3) is 5.56 Å². The van der Waals surface area contributed by atoms with E-state index in [1.54, 1.807) is 0 Å².